The molecule has 0 saturated heterocycles. The first kappa shape index (κ1) is 15.3. The van der Waals surface area contributed by atoms with Crippen LogP contribution < -0.4 is 4.90 Å². The third-order valence-electron chi connectivity index (χ3n) is 2.77. The summed E-state index contributed by atoms with van der Waals surface area (Å²) >= 11 is 5.84. The van der Waals surface area contributed by atoms with Crippen molar-refractivity contribution < 1.29 is 9.53 Å². The third-order valence-corrected chi connectivity index (χ3v) is 2.98. The van der Waals surface area contributed by atoms with Crippen molar-refractivity contribution in [2.45, 2.75) is 20.0 Å². The van der Waals surface area contributed by atoms with Gasteiger partial charge in [0, 0.05) is 12.6 Å². The average molecular weight is 306 g/mol. The molecule has 0 aliphatic rings. The summed E-state index contributed by atoms with van der Waals surface area (Å²) in [4.78, 5) is 21.5. The number of aromatic nitrogens is 2. The maximum Gasteiger partial charge on any atom is 0.415 e. The Morgan fingerprint density at radius 3 is 2.71 bits per heavy atom. The normalized spacial score (nSPS) is 10.2. The van der Waals surface area contributed by atoms with Crippen LogP contribution in [0.25, 0.3) is 0 Å². The summed E-state index contributed by atoms with van der Waals surface area (Å²) < 4.78 is 5.32. The van der Waals surface area contributed by atoms with Gasteiger partial charge in [0.15, 0.2) is 0 Å². The van der Waals surface area contributed by atoms with Gasteiger partial charge in [-0.05, 0) is 12.0 Å². The lowest BCUT2D eigenvalue weighted by atomic mass is 10.2. The van der Waals surface area contributed by atoms with Crippen LogP contribution >= 0.6 is 11.6 Å². The van der Waals surface area contributed by atoms with Crippen LogP contribution in [0.1, 0.15) is 18.9 Å². The van der Waals surface area contributed by atoms with Gasteiger partial charge in [0.1, 0.15) is 23.9 Å². The number of amides is 1. The number of nitrogens with zero attached hydrogens (tertiary/aromatic N) is 3. The number of rotatable bonds is 5. The van der Waals surface area contributed by atoms with Gasteiger partial charge in [-0.1, -0.05) is 48.9 Å². The van der Waals surface area contributed by atoms with Crippen LogP contribution in [0.2, 0.25) is 5.15 Å². The number of carbonyl (C=O) groups is 1. The number of hydrogen-bond acceptors (Lipinski definition) is 4. The Morgan fingerprint density at radius 1 is 1.29 bits per heavy atom. The van der Waals surface area contributed by atoms with Gasteiger partial charge in [0.05, 0.1) is 0 Å². The molecule has 1 aromatic heterocycles. The van der Waals surface area contributed by atoms with Gasteiger partial charge < -0.3 is 4.74 Å². The van der Waals surface area contributed by atoms with E-state index in [9.17, 15) is 4.79 Å². The zero-order valence-electron chi connectivity index (χ0n) is 11.7. The van der Waals surface area contributed by atoms with E-state index in [0.29, 0.717) is 12.4 Å². The fourth-order valence-electron chi connectivity index (χ4n) is 1.79. The Balaban J connectivity index is 2.05. The second-order valence-corrected chi connectivity index (χ2v) is 4.78. The molecule has 0 bridgehead atoms. The molecule has 2 rings (SSSR count). The lowest BCUT2D eigenvalue weighted by Gasteiger charge is -2.20. The average Bonchev–Trinajstić information content (AvgIpc) is 2.51. The largest absolute Gasteiger partial charge is 0.444 e. The summed E-state index contributed by atoms with van der Waals surface area (Å²) in [5.41, 5.74) is 0.933. The van der Waals surface area contributed by atoms with Crippen LogP contribution in [0, 0.1) is 0 Å². The van der Waals surface area contributed by atoms with Gasteiger partial charge in [-0.15, -0.1) is 0 Å². The molecule has 0 fully saturated rings. The second-order valence-electron chi connectivity index (χ2n) is 4.39. The van der Waals surface area contributed by atoms with Gasteiger partial charge in [0.25, 0.3) is 0 Å². The highest BCUT2D eigenvalue weighted by Crippen LogP contribution is 2.16. The summed E-state index contributed by atoms with van der Waals surface area (Å²) in [5, 5.41) is 0.289. The Labute approximate surface area is 128 Å². The van der Waals surface area contributed by atoms with Crippen LogP contribution in [-0.4, -0.2) is 22.6 Å². The molecule has 0 spiro atoms. The van der Waals surface area contributed by atoms with Crippen LogP contribution in [-0.2, 0) is 11.3 Å². The molecule has 0 radical (unpaired) electrons. The molecule has 21 heavy (non-hydrogen) atoms. The highest BCUT2D eigenvalue weighted by Gasteiger charge is 2.18. The quantitative estimate of drug-likeness (QED) is 0.791. The Hall–Kier alpha value is -2.14. The summed E-state index contributed by atoms with van der Waals surface area (Å²) in [6.45, 7) is 2.69. The molecule has 0 aliphatic heterocycles. The first-order valence-corrected chi connectivity index (χ1v) is 7.04. The van der Waals surface area contributed by atoms with Crippen LogP contribution in [0.15, 0.2) is 42.7 Å². The molecule has 1 amide bonds. The van der Waals surface area contributed by atoms with Crippen LogP contribution in [0.5, 0.6) is 0 Å². The van der Waals surface area contributed by atoms with Crippen molar-refractivity contribution in [3.05, 3.63) is 53.4 Å². The van der Waals surface area contributed by atoms with E-state index in [-0.39, 0.29) is 11.8 Å². The van der Waals surface area contributed by atoms with Gasteiger partial charge >= 0.3 is 6.09 Å². The van der Waals surface area contributed by atoms with Crippen molar-refractivity contribution in [2.75, 3.05) is 11.4 Å². The molecule has 110 valence electrons. The van der Waals surface area contributed by atoms with Gasteiger partial charge in [-0.3, -0.25) is 4.90 Å². The second kappa shape index (κ2) is 7.59. The predicted octanol–water partition coefficient (Wildman–Crippen LogP) is 3.68. The minimum absolute atomic E-state index is 0.221. The Bertz CT molecular complexity index is 592. The van der Waals surface area contributed by atoms with E-state index < -0.39 is 6.09 Å². The molecule has 2 aromatic rings. The number of hydrogen-bond donors (Lipinski definition) is 0. The molecule has 0 N–H and O–H groups in total. The molecule has 0 saturated carbocycles. The molecular weight excluding hydrogens is 290 g/mol. The third kappa shape index (κ3) is 4.43. The van der Waals surface area contributed by atoms with Crippen molar-refractivity contribution in [2.24, 2.45) is 0 Å². The number of ether oxygens (including phenoxy) is 1. The number of halogens is 1. The smallest absolute Gasteiger partial charge is 0.415 e. The first-order valence-electron chi connectivity index (χ1n) is 6.66. The van der Waals surface area contributed by atoms with Crippen LogP contribution in [0.3, 0.4) is 0 Å². The summed E-state index contributed by atoms with van der Waals surface area (Å²) in [7, 11) is 0. The Kier molecular flexibility index (Phi) is 5.51. The lowest BCUT2D eigenvalue weighted by molar-refractivity contribution is 0.147. The molecule has 1 heterocycles. The monoisotopic (exact) mass is 305 g/mol. The maximum absolute atomic E-state index is 12.2. The topological polar surface area (TPSA) is 55.3 Å². The predicted molar refractivity (Wildman–Crippen MR) is 81.3 cm³/mol. The standard InChI is InChI=1S/C15H16ClN3O2/c1-2-8-19(14-9-13(16)17-11-18-14)15(20)21-10-12-6-4-3-5-7-12/h3-7,9,11H,2,8,10H2,1H3. The minimum atomic E-state index is -0.449. The first-order chi connectivity index (χ1) is 10.2. The summed E-state index contributed by atoms with van der Waals surface area (Å²) in [5.74, 6) is 0.440. The zero-order chi connectivity index (χ0) is 15.1. The molecule has 0 unspecified atom stereocenters. The molecule has 5 nitrogen and oxygen atoms in total. The number of benzene rings is 1. The highest BCUT2D eigenvalue weighted by atomic mass is 35.5. The maximum atomic E-state index is 12.2. The minimum Gasteiger partial charge on any atom is -0.444 e. The van der Waals surface area contributed by atoms with Crippen molar-refractivity contribution in [1.82, 2.24) is 9.97 Å². The number of anilines is 1. The van der Waals surface area contributed by atoms with Crippen molar-refractivity contribution >= 4 is 23.5 Å². The molecule has 6 heteroatoms. The van der Waals surface area contributed by atoms with Crippen molar-refractivity contribution in [1.29, 1.82) is 0 Å². The van der Waals surface area contributed by atoms with E-state index in [1.54, 1.807) is 6.07 Å². The molecule has 0 atom stereocenters. The summed E-state index contributed by atoms with van der Waals surface area (Å²) in [6.07, 6.45) is 1.66. The zero-order valence-corrected chi connectivity index (χ0v) is 12.5. The highest BCUT2D eigenvalue weighted by molar-refractivity contribution is 6.29. The van der Waals surface area contributed by atoms with E-state index in [4.69, 9.17) is 16.3 Å². The van der Waals surface area contributed by atoms with E-state index in [0.717, 1.165) is 12.0 Å². The van der Waals surface area contributed by atoms with Crippen molar-refractivity contribution in [3.8, 4) is 0 Å². The number of carbonyl (C=O) groups excluding carboxylic acids is 1. The van der Waals surface area contributed by atoms with Gasteiger partial charge in [0.2, 0.25) is 0 Å². The molecule has 1 aromatic carbocycles. The summed E-state index contributed by atoms with van der Waals surface area (Å²) in [6, 6.07) is 11.1. The van der Waals surface area contributed by atoms with E-state index in [1.807, 2.05) is 37.3 Å². The van der Waals surface area contributed by atoms with Gasteiger partial charge in [-0.25, -0.2) is 14.8 Å². The molecular formula is C15H16ClN3O2. The fourth-order valence-corrected chi connectivity index (χ4v) is 1.93. The van der Waals surface area contributed by atoms with E-state index >= 15 is 0 Å². The lowest BCUT2D eigenvalue weighted by Crippen LogP contribution is -2.33. The van der Waals surface area contributed by atoms with Crippen LogP contribution in [0.4, 0.5) is 10.6 Å². The Morgan fingerprint density at radius 2 is 2.05 bits per heavy atom. The van der Waals surface area contributed by atoms with Crippen molar-refractivity contribution in [3.63, 3.8) is 0 Å². The SMILES string of the molecule is CCCN(C(=O)OCc1ccccc1)c1cc(Cl)ncn1. The van der Waals surface area contributed by atoms with E-state index in [2.05, 4.69) is 9.97 Å². The van der Waals surface area contributed by atoms with E-state index in [1.165, 1.54) is 11.2 Å². The van der Waals surface area contributed by atoms with Gasteiger partial charge in [-0.2, -0.15) is 0 Å². The fraction of sp³-hybridized carbons (Fsp3) is 0.267. The molecule has 0 aliphatic carbocycles.